The second-order valence-electron chi connectivity index (χ2n) is 4.10. The van der Waals surface area contributed by atoms with E-state index in [0.717, 1.165) is 11.3 Å². The maximum Gasteiger partial charge on any atom is 0.272 e. The average Bonchev–Trinajstić information content (AvgIpc) is 2.73. The van der Waals surface area contributed by atoms with E-state index in [0.29, 0.717) is 17.4 Å². The largest absolute Gasteiger partial charge is 1.00 e. The SMILES string of the molecule is Nc1cccc[n+]1Cc1cn2cc(Cl)ccc2n1.[Br-]. The summed E-state index contributed by atoms with van der Waals surface area (Å²) in [5.41, 5.74) is 7.72. The maximum atomic E-state index is 5.94. The number of aromatic nitrogens is 3. The van der Waals surface area contributed by atoms with Crippen molar-refractivity contribution in [1.82, 2.24) is 9.38 Å². The van der Waals surface area contributed by atoms with Crippen molar-refractivity contribution in [1.29, 1.82) is 0 Å². The van der Waals surface area contributed by atoms with Crippen molar-refractivity contribution in [3.8, 4) is 0 Å². The van der Waals surface area contributed by atoms with Crippen molar-refractivity contribution in [2.24, 2.45) is 0 Å². The van der Waals surface area contributed by atoms with Crippen LogP contribution in [-0.2, 0) is 6.54 Å². The zero-order chi connectivity index (χ0) is 12.5. The summed E-state index contributed by atoms with van der Waals surface area (Å²) in [6, 6.07) is 9.45. The highest BCUT2D eigenvalue weighted by atomic mass is 79.9. The van der Waals surface area contributed by atoms with Crippen LogP contribution in [0.25, 0.3) is 5.65 Å². The standard InChI is InChI=1S/C13H11ClN4.BrH/c14-10-4-5-13-16-11(9-18(13)7-10)8-17-6-2-1-3-12(17)15;/h1-7,9,15H,8H2;1H. The van der Waals surface area contributed by atoms with Crippen LogP contribution in [0.4, 0.5) is 5.82 Å². The molecule has 0 aliphatic heterocycles. The molecule has 0 saturated heterocycles. The number of hydrogen-bond acceptors (Lipinski definition) is 2. The van der Waals surface area contributed by atoms with Gasteiger partial charge in [0.05, 0.1) is 11.2 Å². The third-order valence-corrected chi connectivity index (χ3v) is 3.00. The van der Waals surface area contributed by atoms with Gasteiger partial charge in [-0.15, -0.1) is 0 Å². The first kappa shape index (κ1) is 13.8. The summed E-state index contributed by atoms with van der Waals surface area (Å²) >= 11 is 5.94. The predicted molar refractivity (Wildman–Crippen MR) is 70.4 cm³/mol. The van der Waals surface area contributed by atoms with Crippen molar-refractivity contribution >= 4 is 23.1 Å². The van der Waals surface area contributed by atoms with Crippen LogP contribution in [0.5, 0.6) is 0 Å². The number of hydrogen-bond donors (Lipinski definition) is 1. The lowest BCUT2D eigenvalue weighted by Crippen LogP contribution is -3.00. The van der Waals surface area contributed by atoms with Gasteiger partial charge in [-0.3, -0.25) is 5.73 Å². The van der Waals surface area contributed by atoms with E-state index in [1.807, 2.05) is 57.9 Å². The molecule has 2 N–H and O–H groups in total. The number of halogens is 2. The number of fused-ring (bicyclic) bond motifs is 1. The second kappa shape index (κ2) is 5.59. The number of rotatable bonds is 2. The van der Waals surface area contributed by atoms with Gasteiger partial charge in [-0.25, -0.2) is 9.55 Å². The van der Waals surface area contributed by atoms with Crippen molar-refractivity contribution in [3.63, 3.8) is 0 Å². The van der Waals surface area contributed by atoms with Crippen LogP contribution in [0, 0.1) is 0 Å². The monoisotopic (exact) mass is 338 g/mol. The summed E-state index contributed by atoms with van der Waals surface area (Å²) in [4.78, 5) is 4.52. The smallest absolute Gasteiger partial charge is 0.272 e. The summed E-state index contributed by atoms with van der Waals surface area (Å²) in [6.07, 6.45) is 5.74. The Morgan fingerprint density at radius 3 is 2.84 bits per heavy atom. The van der Waals surface area contributed by atoms with E-state index >= 15 is 0 Å². The highest BCUT2D eigenvalue weighted by molar-refractivity contribution is 6.30. The molecule has 0 bridgehead atoms. The van der Waals surface area contributed by atoms with Gasteiger partial charge in [-0.05, 0) is 18.2 Å². The second-order valence-corrected chi connectivity index (χ2v) is 4.53. The van der Waals surface area contributed by atoms with E-state index in [1.54, 1.807) is 0 Å². The molecule has 3 heterocycles. The van der Waals surface area contributed by atoms with E-state index in [9.17, 15) is 0 Å². The number of nitrogens with two attached hydrogens (primary N) is 1. The third-order valence-electron chi connectivity index (χ3n) is 2.77. The Morgan fingerprint density at radius 1 is 1.21 bits per heavy atom. The Labute approximate surface area is 126 Å². The molecule has 0 spiro atoms. The summed E-state index contributed by atoms with van der Waals surface area (Å²) in [5.74, 6) is 0.715. The zero-order valence-corrected chi connectivity index (χ0v) is 12.3. The molecule has 3 rings (SSSR count). The first-order valence-corrected chi connectivity index (χ1v) is 5.97. The highest BCUT2D eigenvalue weighted by Crippen LogP contribution is 2.11. The van der Waals surface area contributed by atoms with Crippen LogP contribution < -0.4 is 27.3 Å². The van der Waals surface area contributed by atoms with Gasteiger partial charge in [0.2, 0.25) is 0 Å². The summed E-state index contributed by atoms with van der Waals surface area (Å²) in [6.45, 7) is 0.645. The van der Waals surface area contributed by atoms with E-state index in [2.05, 4.69) is 4.98 Å². The van der Waals surface area contributed by atoms with Crippen LogP contribution >= 0.6 is 11.6 Å². The highest BCUT2D eigenvalue weighted by Gasteiger charge is 2.07. The minimum absolute atomic E-state index is 0. The molecule has 0 fully saturated rings. The quantitative estimate of drug-likeness (QED) is 0.603. The summed E-state index contributed by atoms with van der Waals surface area (Å²) in [7, 11) is 0. The number of anilines is 1. The molecule has 3 aromatic rings. The molecule has 0 saturated carbocycles. The lowest BCUT2D eigenvalue weighted by molar-refractivity contribution is -0.674. The molecule has 0 radical (unpaired) electrons. The van der Waals surface area contributed by atoms with Gasteiger partial charge in [-0.2, -0.15) is 0 Å². The maximum absolute atomic E-state index is 5.94. The van der Waals surface area contributed by atoms with Gasteiger partial charge in [0.25, 0.3) is 5.82 Å². The number of pyridine rings is 2. The van der Waals surface area contributed by atoms with Crippen molar-refractivity contribution in [2.75, 3.05) is 5.73 Å². The van der Waals surface area contributed by atoms with Crippen molar-refractivity contribution < 1.29 is 21.5 Å². The molecule has 6 heteroatoms. The Kier molecular flexibility index (Phi) is 4.07. The average molecular weight is 340 g/mol. The van der Waals surface area contributed by atoms with Crippen molar-refractivity contribution in [3.05, 3.63) is 59.6 Å². The predicted octanol–water partition coefficient (Wildman–Crippen LogP) is -1.09. The van der Waals surface area contributed by atoms with Crippen LogP contribution in [-0.4, -0.2) is 9.38 Å². The zero-order valence-electron chi connectivity index (χ0n) is 10.0. The molecule has 0 amide bonds. The van der Waals surface area contributed by atoms with E-state index in [4.69, 9.17) is 17.3 Å². The Balaban J connectivity index is 0.00000133. The minimum Gasteiger partial charge on any atom is -1.00 e. The van der Waals surface area contributed by atoms with Crippen molar-refractivity contribution in [2.45, 2.75) is 6.54 Å². The molecular weight excluding hydrogens is 328 g/mol. The lowest BCUT2D eigenvalue weighted by Gasteiger charge is -1.98. The molecular formula is C13H12BrClN4. The van der Waals surface area contributed by atoms with Gasteiger partial charge >= 0.3 is 0 Å². The molecule has 0 atom stereocenters. The molecule has 19 heavy (non-hydrogen) atoms. The molecule has 3 aromatic heterocycles. The Hall–Kier alpha value is -1.59. The van der Waals surface area contributed by atoms with Crippen LogP contribution in [0.2, 0.25) is 5.02 Å². The fourth-order valence-electron chi connectivity index (χ4n) is 1.90. The molecule has 98 valence electrons. The Bertz CT molecular complexity index is 711. The van der Waals surface area contributed by atoms with Crippen LogP contribution in [0.15, 0.2) is 48.9 Å². The van der Waals surface area contributed by atoms with Crippen LogP contribution in [0.1, 0.15) is 5.69 Å². The summed E-state index contributed by atoms with van der Waals surface area (Å²) < 4.78 is 3.86. The van der Waals surface area contributed by atoms with E-state index in [-0.39, 0.29) is 17.0 Å². The first-order valence-electron chi connectivity index (χ1n) is 5.59. The number of nitrogens with zero attached hydrogens (tertiary/aromatic N) is 3. The van der Waals surface area contributed by atoms with Gasteiger partial charge < -0.3 is 21.4 Å². The number of imidazole rings is 1. The fraction of sp³-hybridized carbons (Fsp3) is 0.0769. The third kappa shape index (κ3) is 2.88. The molecule has 0 aliphatic carbocycles. The fourth-order valence-corrected chi connectivity index (χ4v) is 2.07. The lowest BCUT2D eigenvalue weighted by atomic mass is 10.4. The van der Waals surface area contributed by atoms with Gasteiger partial charge in [0.15, 0.2) is 0 Å². The van der Waals surface area contributed by atoms with E-state index in [1.165, 1.54) is 0 Å². The van der Waals surface area contributed by atoms with E-state index < -0.39 is 0 Å². The Morgan fingerprint density at radius 2 is 2.05 bits per heavy atom. The minimum atomic E-state index is 0. The topological polar surface area (TPSA) is 47.2 Å². The molecule has 0 aliphatic rings. The molecule has 0 unspecified atom stereocenters. The number of nitrogen functional groups attached to an aromatic ring is 1. The molecule has 0 aromatic carbocycles. The van der Waals surface area contributed by atoms with Gasteiger partial charge in [-0.1, -0.05) is 17.7 Å². The first-order chi connectivity index (χ1) is 8.72. The van der Waals surface area contributed by atoms with Crippen LogP contribution in [0.3, 0.4) is 0 Å². The van der Waals surface area contributed by atoms with Gasteiger partial charge in [0.1, 0.15) is 17.9 Å². The summed E-state index contributed by atoms with van der Waals surface area (Å²) in [5, 5.41) is 0.693. The normalized spacial score (nSPS) is 10.4. The van der Waals surface area contributed by atoms with Gasteiger partial charge in [0, 0.05) is 18.5 Å². The molecule has 4 nitrogen and oxygen atoms in total.